The van der Waals surface area contributed by atoms with Gasteiger partial charge in [-0.05, 0) is 32.4 Å². The molecule has 1 aromatic heterocycles. The molecule has 1 aliphatic rings. The molecule has 6 nitrogen and oxygen atoms in total. The van der Waals surface area contributed by atoms with E-state index in [1.54, 1.807) is 39.2 Å². The fraction of sp³-hybridized carbons (Fsp3) is 0.533. The lowest BCUT2D eigenvalue weighted by Crippen LogP contribution is -2.35. The molecule has 2 rings (SSSR count). The molecule has 1 aromatic rings. The lowest BCUT2D eigenvalue weighted by molar-refractivity contribution is -0.141. The van der Waals surface area contributed by atoms with Crippen molar-refractivity contribution in [2.75, 3.05) is 13.1 Å². The highest BCUT2D eigenvalue weighted by atomic mass is 35.5. The van der Waals surface area contributed by atoms with Crippen LogP contribution in [-0.4, -0.2) is 45.7 Å². The summed E-state index contributed by atoms with van der Waals surface area (Å²) in [7, 11) is 0. The minimum Gasteiger partial charge on any atom is -0.481 e. The molecule has 0 radical (unpaired) electrons. The number of amides is 1. The van der Waals surface area contributed by atoms with Gasteiger partial charge in [-0.3, -0.25) is 9.78 Å². The first-order chi connectivity index (χ1) is 9.78. The van der Waals surface area contributed by atoms with Gasteiger partial charge in [-0.2, -0.15) is 0 Å². The van der Waals surface area contributed by atoms with Crippen LogP contribution in [0.15, 0.2) is 24.5 Å². The summed E-state index contributed by atoms with van der Waals surface area (Å²) in [6.07, 6.45) is 2.82. The Morgan fingerprint density at radius 2 is 2.05 bits per heavy atom. The number of carbonyl (C=O) groups excluding carboxylic acids is 1. The minimum absolute atomic E-state index is 0. The summed E-state index contributed by atoms with van der Waals surface area (Å²) in [5, 5.41) is 9.38. The number of hydrogen-bond donors (Lipinski definition) is 1. The number of aliphatic carboxylic acids is 1. The highest BCUT2D eigenvalue weighted by Gasteiger charge is 2.41. The Balaban J connectivity index is 0.00000242. The largest absolute Gasteiger partial charge is 0.481 e. The molecule has 0 aromatic carbocycles. The van der Waals surface area contributed by atoms with Gasteiger partial charge in [0, 0.05) is 31.4 Å². The van der Waals surface area contributed by atoms with Crippen molar-refractivity contribution < 1.29 is 19.4 Å². The van der Waals surface area contributed by atoms with E-state index in [9.17, 15) is 14.7 Å². The minimum atomic E-state index is -0.907. The second-order valence-corrected chi connectivity index (χ2v) is 6.22. The number of ether oxygens (including phenoxy) is 1. The van der Waals surface area contributed by atoms with Gasteiger partial charge >= 0.3 is 12.1 Å². The Morgan fingerprint density at radius 3 is 2.55 bits per heavy atom. The van der Waals surface area contributed by atoms with Crippen molar-refractivity contribution in [3.05, 3.63) is 30.1 Å². The van der Waals surface area contributed by atoms with Crippen molar-refractivity contribution in [1.82, 2.24) is 9.88 Å². The topological polar surface area (TPSA) is 79.7 Å². The molecule has 1 N–H and O–H groups in total. The summed E-state index contributed by atoms with van der Waals surface area (Å²) in [6.45, 7) is 5.85. The summed E-state index contributed by atoms with van der Waals surface area (Å²) in [4.78, 5) is 29.0. The summed E-state index contributed by atoms with van der Waals surface area (Å²) < 4.78 is 5.31. The maximum Gasteiger partial charge on any atom is 0.410 e. The fourth-order valence-corrected chi connectivity index (χ4v) is 2.46. The number of likely N-dealkylation sites (tertiary alicyclic amines) is 1. The molecule has 7 heteroatoms. The van der Waals surface area contributed by atoms with Crippen LogP contribution >= 0.6 is 12.4 Å². The predicted octanol–water partition coefficient (Wildman–Crippen LogP) is 2.54. The smallest absolute Gasteiger partial charge is 0.410 e. The lowest BCUT2D eigenvalue weighted by atomic mass is 9.90. The van der Waals surface area contributed by atoms with E-state index in [-0.39, 0.29) is 24.9 Å². The monoisotopic (exact) mass is 328 g/mol. The van der Waals surface area contributed by atoms with Crippen molar-refractivity contribution in [1.29, 1.82) is 0 Å². The van der Waals surface area contributed by atoms with E-state index in [0.717, 1.165) is 5.56 Å². The molecule has 122 valence electrons. The quantitative estimate of drug-likeness (QED) is 0.902. The van der Waals surface area contributed by atoms with E-state index in [1.807, 2.05) is 6.07 Å². The molecule has 1 fully saturated rings. The number of carbonyl (C=O) groups is 2. The average molecular weight is 329 g/mol. The Labute approximate surface area is 135 Å². The van der Waals surface area contributed by atoms with Gasteiger partial charge in [0.15, 0.2) is 0 Å². The van der Waals surface area contributed by atoms with Crippen LogP contribution in [0.5, 0.6) is 0 Å². The Hall–Kier alpha value is -1.82. The number of carboxylic acid groups (broad SMARTS) is 1. The molecule has 1 amide bonds. The Morgan fingerprint density at radius 1 is 1.36 bits per heavy atom. The third kappa shape index (κ3) is 4.34. The van der Waals surface area contributed by atoms with Crippen molar-refractivity contribution in [3.63, 3.8) is 0 Å². The van der Waals surface area contributed by atoms with Crippen LogP contribution in [0.25, 0.3) is 0 Å². The van der Waals surface area contributed by atoms with Gasteiger partial charge in [-0.1, -0.05) is 6.07 Å². The van der Waals surface area contributed by atoms with E-state index >= 15 is 0 Å². The van der Waals surface area contributed by atoms with Crippen LogP contribution in [0.2, 0.25) is 0 Å². The zero-order valence-electron chi connectivity index (χ0n) is 12.9. The second-order valence-electron chi connectivity index (χ2n) is 6.22. The first-order valence-corrected chi connectivity index (χ1v) is 6.88. The van der Waals surface area contributed by atoms with Crippen molar-refractivity contribution in [3.8, 4) is 0 Å². The Bertz CT molecular complexity index is 530. The summed E-state index contributed by atoms with van der Waals surface area (Å²) in [6, 6.07) is 3.61. The summed E-state index contributed by atoms with van der Waals surface area (Å²) >= 11 is 0. The molecular weight excluding hydrogens is 308 g/mol. The van der Waals surface area contributed by atoms with Gasteiger partial charge in [-0.25, -0.2) is 4.79 Å². The standard InChI is InChI=1S/C15H20N2O4.ClH/c1-15(2,3)21-14(20)17-8-11(12(9-17)13(18)19)10-5-4-6-16-7-10;/h4-7,11-12H,8-9H2,1-3H3,(H,18,19);1H/t11-,12+;/m0./s1. The highest BCUT2D eigenvalue weighted by molar-refractivity contribution is 5.85. The predicted molar refractivity (Wildman–Crippen MR) is 83.2 cm³/mol. The van der Waals surface area contributed by atoms with Gasteiger partial charge in [0.25, 0.3) is 0 Å². The number of carboxylic acids is 1. The number of aromatic nitrogens is 1. The van der Waals surface area contributed by atoms with Crippen LogP contribution in [0.3, 0.4) is 0 Å². The number of halogens is 1. The SMILES string of the molecule is CC(C)(C)OC(=O)N1C[C@@H](C(=O)O)[C@H](c2cccnc2)C1.Cl. The third-order valence-corrected chi connectivity index (χ3v) is 3.40. The van der Waals surface area contributed by atoms with Gasteiger partial charge in [-0.15, -0.1) is 12.4 Å². The van der Waals surface area contributed by atoms with E-state index in [4.69, 9.17) is 4.74 Å². The molecule has 22 heavy (non-hydrogen) atoms. The maximum absolute atomic E-state index is 12.1. The zero-order chi connectivity index (χ0) is 15.6. The van der Waals surface area contributed by atoms with Gasteiger partial charge < -0.3 is 14.7 Å². The molecule has 0 spiro atoms. The van der Waals surface area contributed by atoms with E-state index in [2.05, 4.69) is 4.98 Å². The lowest BCUT2D eigenvalue weighted by Gasteiger charge is -2.24. The average Bonchev–Trinajstić information content (AvgIpc) is 2.83. The van der Waals surface area contributed by atoms with E-state index in [0.29, 0.717) is 6.54 Å². The van der Waals surface area contributed by atoms with E-state index < -0.39 is 23.6 Å². The highest BCUT2D eigenvalue weighted by Crippen LogP contribution is 2.33. The van der Waals surface area contributed by atoms with Crippen LogP contribution in [0, 0.1) is 5.92 Å². The van der Waals surface area contributed by atoms with Crippen molar-refractivity contribution in [2.24, 2.45) is 5.92 Å². The molecule has 0 unspecified atom stereocenters. The third-order valence-electron chi connectivity index (χ3n) is 3.40. The van der Waals surface area contributed by atoms with Gasteiger partial charge in [0.2, 0.25) is 0 Å². The Kier molecular flexibility index (Phi) is 5.77. The number of pyridine rings is 1. The van der Waals surface area contributed by atoms with Crippen molar-refractivity contribution >= 4 is 24.5 Å². The molecule has 0 bridgehead atoms. The first-order valence-electron chi connectivity index (χ1n) is 6.88. The first kappa shape index (κ1) is 18.2. The summed E-state index contributed by atoms with van der Waals surface area (Å²) in [5.74, 6) is -1.81. The number of nitrogens with zero attached hydrogens (tertiary/aromatic N) is 2. The molecule has 1 aliphatic heterocycles. The number of hydrogen-bond acceptors (Lipinski definition) is 4. The molecular formula is C15H21ClN2O4. The normalized spacial score (nSPS) is 21.1. The molecule has 2 heterocycles. The summed E-state index contributed by atoms with van der Waals surface area (Å²) in [5.41, 5.74) is 0.235. The van der Waals surface area contributed by atoms with Crippen LogP contribution in [0.4, 0.5) is 4.79 Å². The van der Waals surface area contributed by atoms with Gasteiger partial charge in [0.05, 0.1) is 5.92 Å². The maximum atomic E-state index is 12.1. The molecule has 2 atom stereocenters. The van der Waals surface area contributed by atoms with Crippen LogP contribution in [-0.2, 0) is 9.53 Å². The molecule has 0 aliphatic carbocycles. The second kappa shape index (κ2) is 6.96. The molecule has 1 saturated heterocycles. The fourth-order valence-electron chi connectivity index (χ4n) is 2.46. The van der Waals surface area contributed by atoms with E-state index in [1.165, 1.54) is 4.90 Å². The molecule has 0 saturated carbocycles. The number of rotatable bonds is 2. The van der Waals surface area contributed by atoms with Gasteiger partial charge in [0.1, 0.15) is 5.60 Å². The van der Waals surface area contributed by atoms with Crippen LogP contribution in [0.1, 0.15) is 32.3 Å². The van der Waals surface area contributed by atoms with Crippen molar-refractivity contribution in [2.45, 2.75) is 32.3 Å². The van der Waals surface area contributed by atoms with Crippen LogP contribution < -0.4 is 0 Å². The zero-order valence-corrected chi connectivity index (χ0v) is 13.7.